The molecule has 8 heteroatoms. The Morgan fingerprint density at radius 3 is 2.64 bits per heavy atom. The van der Waals surface area contributed by atoms with Crippen molar-refractivity contribution in [2.75, 3.05) is 6.54 Å². The molecule has 168 valence electrons. The van der Waals surface area contributed by atoms with E-state index in [-0.39, 0.29) is 11.2 Å². The first kappa shape index (κ1) is 21.8. The second-order valence-corrected chi connectivity index (χ2v) is 9.76. The summed E-state index contributed by atoms with van der Waals surface area (Å²) in [7, 11) is 0. The van der Waals surface area contributed by atoms with Gasteiger partial charge in [0.2, 0.25) is 5.91 Å². The predicted octanol–water partition coefficient (Wildman–Crippen LogP) is 5.31. The van der Waals surface area contributed by atoms with Crippen molar-refractivity contribution in [1.29, 1.82) is 0 Å². The SMILES string of the molecule is C[C@H](Sc1nnc(-c2ccc(Cl)cc2)n1Cc1ccco1)C(=O)N1CCc2ccccc2C1. The van der Waals surface area contributed by atoms with Crippen LogP contribution in [0, 0.1) is 0 Å². The minimum absolute atomic E-state index is 0.107. The lowest BCUT2D eigenvalue weighted by molar-refractivity contribution is -0.131. The number of rotatable bonds is 6. The van der Waals surface area contributed by atoms with Crippen LogP contribution >= 0.6 is 23.4 Å². The molecule has 2 aromatic heterocycles. The summed E-state index contributed by atoms with van der Waals surface area (Å²) < 4.78 is 7.56. The number of hydrogen-bond donors (Lipinski definition) is 0. The van der Waals surface area contributed by atoms with E-state index in [2.05, 4.69) is 28.4 Å². The molecule has 0 N–H and O–H groups in total. The minimum Gasteiger partial charge on any atom is -0.467 e. The van der Waals surface area contributed by atoms with Gasteiger partial charge in [-0.05, 0) is 60.9 Å². The Balaban J connectivity index is 1.38. The summed E-state index contributed by atoms with van der Waals surface area (Å²) in [4.78, 5) is 15.2. The monoisotopic (exact) mass is 478 g/mol. The summed E-state index contributed by atoms with van der Waals surface area (Å²) in [6.07, 6.45) is 2.53. The second-order valence-electron chi connectivity index (χ2n) is 8.02. The van der Waals surface area contributed by atoms with Crippen molar-refractivity contribution in [2.45, 2.75) is 36.8 Å². The highest BCUT2D eigenvalue weighted by Gasteiger charge is 2.27. The lowest BCUT2D eigenvalue weighted by Crippen LogP contribution is -2.40. The zero-order valence-corrected chi connectivity index (χ0v) is 19.7. The molecule has 3 heterocycles. The van der Waals surface area contributed by atoms with Crippen LogP contribution < -0.4 is 0 Å². The van der Waals surface area contributed by atoms with Crippen molar-refractivity contribution in [3.05, 3.63) is 88.8 Å². The quantitative estimate of drug-likeness (QED) is 0.351. The van der Waals surface area contributed by atoms with Crippen LogP contribution in [0.25, 0.3) is 11.4 Å². The largest absolute Gasteiger partial charge is 0.467 e. The number of thioether (sulfide) groups is 1. The molecular formula is C25H23ClN4O2S. The Hall–Kier alpha value is -3.03. The molecule has 1 atom stereocenters. The maximum Gasteiger partial charge on any atom is 0.236 e. The standard InChI is InChI=1S/C25H23ClN4O2S/c1-17(24(31)29-13-12-18-5-2-3-6-20(18)15-29)33-25-28-27-23(19-8-10-21(26)11-9-19)30(25)16-22-7-4-14-32-22/h2-11,14,17H,12-13,15-16H2,1H3/t17-/m0/s1. The first-order chi connectivity index (χ1) is 16.1. The van der Waals surface area contributed by atoms with E-state index in [1.54, 1.807) is 6.26 Å². The lowest BCUT2D eigenvalue weighted by Gasteiger charge is -2.30. The first-order valence-corrected chi connectivity index (χ1v) is 12.1. The second kappa shape index (κ2) is 9.45. The molecule has 0 aliphatic carbocycles. The normalized spacial score (nSPS) is 14.2. The smallest absolute Gasteiger partial charge is 0.236 e. The fourth-order valence-corrected chi connectivity index (χ4v) is 5.10. The van der Waals surface area contributed by atoms with E-state index in [1.165, 1.54) is 22.9 Å². The van der Waals surface area contributed by atoms with Crippen LogP contribution in [0.2, 0.25) is 5.02 Å². The molecule has 5 rings (SSSR count). The van der Waals surface area contributed by atoms with Crippen molar-refractivity contribution in [1.82, 2.24) is 19.7 Å². The molecular weight excluding hydrogens is 456 g/mol. The summed E-state index contributed by atoms with van der Waals surface area (Å²) in [6.45, 7) is 3.78. The maximum atomic E-state index is 13.3. The van der Waals surface area contributed by atoms with E-state index >= 15 is 0 Å². The third-order valence-corrected chi connectivity index (χ3v) is 7.11. The van der Waals surface area contributed by atoms with E-state index < -0.39 is 0 Å². The number of amides is 1. The van der Waals surface area contributed by atoms with Gasteiger partial charge in [-0.1, -0.05) is 47.6 Å². The average molecular weight is 479 g/mol. The summed E-state index contributed by atoms with van der Waals surface area (Å²) >= 11 is 7.49. The highest BCUT2D eigenvalue weighted by Crippen LogP contribution is 2.30. The molecule has 0 saturated carbocycles. The Morgan fingerprint density at radius 1 is 1.09 bits per heavy atom. The Morgan fingerprint density at radius 2 is 1.88 bits per heavy atom. The summed E-state index contributed by atoms with van der Waals surface area (Å²) in [5.74, 6) is 1.60. The van der Waals surface area contributed by atoms with Crippen LogP contribution in [0.5, 0.6) is 0 Å². The predicted molar refractivity (Wildman–Crippen MR) is 129 cm³/mol. The van der Waals surface area contributed by atoms with Crippen molar-refractivity contribution in [3.63, 3.8) is 0 Å². The molecule has 0 fully saturated rings. The van der Waals surface area contributed by atoms with Crippen molar-refractivity contribution < 1.29 is 9.21 Å². The number of carbonyl (C=O) groups excluding carboxylic acids is 1. The number of fused-ring (bicyclic) bond motifs is 1. The molecule has 1 aliphatic heterocycles. The fraction of sp³-hybridized carbons (Fsp3) is 0.240. The van der Waals surface area contributed by atoms with E-state index in [0.717, 1.165) is 24.3 Å². The van der Waals surface area contributed by atoms with E-state index in [1.807, 2.05) is 58.9 Å². The minimum atomic E-state index is -0.298. The van der Waals surface area contributed by atoms with Gasteiger partial charge in [0.05, 0.1) is 18.1 Å². The van der Waals surface area contributed by atoms with Crippen LogP contribution in [-0.2, 0) is 24.3 Å². The van der Waals surface area contributed by atoms with E-state index in [0.29, 0.717) is 29.1 Å². The van der Waals surface area contributed by atoms with Crippen molar-refractivity contribution in [3.8, 4) is 11.4 Å². The third kappa shape index (κ3) is 4.70. The van der Waals surface area contributed by atoms with Crippen LogP contribution in [0.3, 0.4) is 0 Å². The molecule has 4 aromatic rings. The topological polar surface area (TPSA) is 64.2 Å². The number of carbonyl (C=O) groups is 1. The van der Waals surface area contributed by atoms with Gasteiger partial charge in [0.1, 0.15) is 5.76 Å². The summed E-state index contributed by atoms with van der Waals surface area (Å²) in [5, 5.41) is 9.90. The molecule has 1 amide bonds. The van der Waals surface area contributed by atoms with Crippen LogP contribution in [-0.4, -0.2) is 37.4 Å². The van der Waals surface area contributed by atoms with Crippen LogP contribution in [0.1, 0.15) is 23.8 Å². The molecule has 6 nitrogen and oxygen atoms in total. The summed E-state index contributed by atoms with van der Waals surface area (Å²) in [5.41, 5.74) is 3.45. The number of halogens is 1. The van der Waals surface area contributed by atoms with Gasteiger partial charge in [0.15, 0.2) is 11.0 Å². The van der Waals surface area contributed by atoms with Gasteiger partial charge in [0.25, 0.3) is 0 Å². The average Bonchev–Trinajstić information content (AvgIpc) is 3.49. The van der Waals surface area contributed by atoms with E-state index in [9.17, 15) is 4.79 Å². The van der Waals surface area contributed by atoms with Gasteiger partial charge in [0, 0.05) is 23.7 Å². The molecule has 0 unspecified atom stereocenters. The van der Waals surface area contributed by atoms with Crippen LogP contribution in [0.4, 0.5) is 0 Å². The fourth-order valence-electron chi connectivity index (χ4n) is 4.04. The van der Waals surface area contributed by atoms with Crippen molar-refractivity contribution >= 4 is 29.3 Å². The molecule has 0 radical (unpaired) electrons. The zero-order chi connectivity index (χ0) is 22.8. The van der Waals surface area contributed by atoms with Gasteiger partial charge >= 0.3 is 0 Å². The lowest BCUT2D eigenvalue weighted by atomic mass is 10.00. The molecule has 1 aliphatic rings. The third-order valence-electron chi connectivity index (χ3n) is 5.79. The number of aromatic nitrogens is 3. The number of benzene rings is 2. The van der Waals surface area contributed by atoms with Gasteiger partial charge < -0.3 is 9.32 Å². The summed E-state index contributed by atoms with van der Waals surface area (Å²) in [6, 6.07) is 19.6. The number of hydrogen-bond acceptors (Lipinski definition) is 5. The molecule has 0 bridgehead atoms. The maximum absolute atomic E-state index is 13.3. The van der Waals surface area contributed by atoms with Crippen LogP contribution in [0.15, 0.2) is 76.5 Å². The highest BCUT2D eigenvalue weighted by atomic mass is 35.5. The van der Waals surface area contributed by atoms with Gasteiger partial charge in [-0.2, -0.15) is 0 Å². The molecule has 2 aromatic carbocycles. The first-order valence-electron chi connectivity index (χ1n) is 10.8. The van der Waals surface area contributed by atoms with Crippen molar-refractivity contribution in [2.24, 2.45) is 0 Å². The molecule has 0 spiro atoms. The Bertz CT molecular complexity index is 1250. The Labute approximate surface area is 201 Å². The van der Waals surface area contributed by atoms with Gasteiger partial charge in [-0.15, -0.1) is 10.2 Å². The highest BCUT2D eigenvalue weighted by molar-refractivity contribution is 8.00. The zero-order valence-electron chi connectivity index (χ0n) is 18.1. The van der Waals surface area contributed by atoms with E-state index in [4.69, 9.17) is 16.0 Å². The molecule has 0 saturated heterocycles. The van der Waals surface area contributed by atoms with Gasteiger partial charge in [-0.25, -0.2) is 0 Å². The molecule has 33 heavy (non-hydrogen) atoms. The van der Waals surface area contributed by atoms with Gasteiger partial charge in [-0.3, -0.25) is 9.36 Å². The number of furan rings is 1. The Kier molecular flexibility index (Phi) is 6.24. The number of nitrogens with zero attached hydrogens (tertiary/aromatic N) is 4.